The Balaban J connectivity index is 1.71. The van der Waals surface area contributed by atoms with E-state index in [1.54, 1.807) is 0 Å². The molecule has 1 aliphatic rings. The van der Waals surface area contributed by atoms with Crippen LogP contribution in [-0.4, -0.2) is 10.9 Å². The minimum atomic E-state index is -0.133. The lowest BCUT2D eigenvalue weighted by Crippen LogP contribution is -2.13. The van der Waals surface area contributed by atoms with Gasteiger partial charge in [0, 0.05) is 22.3 Å². The molecule has 0 saturated carbocycles. The van der Waals surface area contributed by atoms with Gasteiger partial charge in [0.05, 0.1) is 10.5 Å². The number of anilines is 1. The number of carbonyl (C=O) groups is 1. The summed E-state index contributed by atoms with van der Waals surface area (Å²) in [7, 11) is 0. The monoisotopic (exact) mass is 350 g/mol. The molecule has 0 fully saturated rings. The van der Waals surface area contributed by atoms with Crippen molar-refractivity contribution in [3.05, 3.63) is 69.9 Å². The van der Waals surface area contributed by atoms with Crippen molar-refractivity contribution in [1.29, 1.82) is 0 Å². The van der Waals surface area contributed by atoms with Crippen LogP contribution < -0.4 is 5.32 Å². The maximum Gasteiger partial charge on any atom is 0.255 e. The van der Waals surface area contributed by atoms with Gasteiger partial charge in [-0.25, -0.2) is 0 Å². The molecule has 0 saturated heterocycles. The first-order valence-corrected chi connectivity index (χ1v) is 8.99. The Bertz CT molecular complexity index is 981. The highest BCUT2D eigenvalue weighted by atomic mass is 35.5. The lowest BCUT2D eigenvalue weighted by Gasteiger charge is -2.18. The van der Waals surface area contributed by atoms with Crippen LogP contribution in [0, 0.1) is 6.92 Å². The van der Waals surface area contributed by atoms with Crippen molar-refractivity contribution in [3.63, 3.8) is 0 Å². The van der Waals surface area contributed by atoms with Gasteiger partial charge >= 0.3 is 0 Å². The molecule has 4 heteroatoms. The van der Waals surface area contributed by atoms with Gasteiger partial charge in [0.15, 0.2) is 0 Å². The summed E-state index contributed by atoms with van der Waals surface area (Å²) in [4.78, 5) is 17.4. The summed E-state index contributed by atoms with van der Waals surface area (Å²) in [5.41, 5.74) is 5.51. The second kappa shape index (κ2) is 6.49. The molecule has 126 valence electrons. The molecule has 0 spiro atoms. The number of aromatic nitrogens is 1. The zero-order chi connectivity index (χ0) is 17.4. The first kappa shape index (κ1) is 16.1. The van der Waals surface area contributed by atoms with Crippen molar-refractivity contribution in [3.8, 4) is 0 Å². The Morgan fingerprint density at radius 2 is 1.92 bits per heavy atom. The van der Waals surface area contributed by atoms with Gasteiger partial charge in [-0.1, -0.05) is 35.9 Å². The van der Waals surface area contributed by atoms with Crippen molar-refractivity contribution >= 4 is 34.1 Å². The fraction of sp³-hybridized carbons (Fsp3) is 0.238. The maximum absolute atomic E-state index is 12.6. The average molecular weight is 351 g/mol. The second-order valence-corrected chi connectivity index (χ2v) is 6.94. The van der Waals surface area contributed by atoms with Crippen molar-refractivity contribution in [2.24, 2.45) is 0 Å². The Hall–Kier alpha value is -2.39. The molecule has 1 aromatic heterocycles. The van der Waals surface area contributed by atoms with E-state index in [1.807, 2.05) is 49.4 Å². The summed E-state index contributed by atoms with van der Waals surface area (Å²) in [5.74, 6) is -0.133. The molecule has 2 aromatic carbocycles. The summed E-state index contributed by atoms with van der Waals surface area (Å²) in [6, 6.07) is 13.3. The highest BCUT2D eigenvalue weighted by molar-refractivity contribution is 6.36. The minimum Gasteiger partial charge on any atom is -0.322 e. The van der Waals surface area contributed by atoms with E-state index < -0.39 is 0 Å². The number of nitrogens with one attached hydrogen (secondary N) is 1. The zero-order valence-corrected chi connectivity index (χ0v) is 14.9. The molecule has 0 unspecified atom stereocenters. The normalized spacial score (nSPS) is 13.5. The Morgan fingerprint density at radius 3 is 2.76 bits per heavy atom. The van der Waals surface area contributed by atoms with Crippen molar-refractivity contribution in [2.75, 3.05) is 5.32 Å². The molecule has 0 aliphatic heterocycles. The van der Waals surface area contributed by atoms with Crippen molar-refractivity contribution in [1.82, 2.24) is 4.98 Å². The summed E-state index contributed by atoms with van der Waals surface area (Å²) in [6.07, 6.45) is 4.27. The van der Waals surface area contributed by atoms with Gasteiger partial charge in [0.2, 0.25) is 0 Å². The van der Waals surface area contributed by atoms with Crippen LogP contribution in [0.25, 0.3) is 10.9 Å². The highest BCUT2D eigenvalue weighted by Crippen LogP contribution is 2.33. The molecule has 1 heterocycles. The van der Waals surface area contributed by atoms with E-state index in [9.17, 15) is 4.79 Å². The molecule has 1 aliphatic carbocycles. The third-order valence-electron chi connectivity index (χ3n) is 4.85. The molecular weight excluding hydrogens is 332 g/mol. The van der Waals surface area contributed by atoms with E-state index >= 15 is 0 Å². The quantitative estimate of drug-likeness (QED) is 0.678. The van der Waals surface area contributed by atoms with Gasteiger partial charge in [0.1, 0.15) is 0 Å². The topological polar surface area (TPSA) is 42.0 Å². The number of carbonyl (C=O) groups excluding carboxylic acids is 1. The molecule has 1 amide bonds. The summed E-state index contributed by atoms with van der Waals surface area (Å²) in [5, 5.41) is 4.69. The third-order valence-corrected chi connectivity index (χ3v) is 5.28. The third kappa shape index (κ3) is 3.00. The molecule has 3 aromatic rings. The number of para-hydroxylation sites is 1. The van der Waals surface area contributed by atoms with Crippen molar-refractivity contribution < 1.29 is 4.79 Å². The van der Waals surface area contributed by atoms with Crippen LogP contribution in [0.5, 0.6) is 0 Å². The lowest BCUT2D eigenvalue weighted by atomic mass is 9.94. The SMILES string of the molecule is Cc1ccccc1NC(=O)c1ccc2c(Cl)c3c(nc2c1)CCCC3. The van der Waals surface area contributed by atoms with E-state index in [-0.39, 0.29) is 5.91 Å². The summed E-state index contributed by atoms with van der Waals surface area (Å²) >= 11 is 6.60. The van der Waals surface area contributed by atoms with Crippen LogP contribution in [0.15, 0.2) is 42.5 Å². The minimum absolute atomic E-state index is 0.133. The lowest BCUT2D eigenvalue weighted by molar-refractivity contribution is 0.102. The molecule has 3 nitrogen and oxygen atoms in total. The molecule has 0 bridgehead atoms. The highest BCUT2D eigenvalue weighted by Gasteiger charge is 2.18. The number of rotatable bonds is 2. The van der Waals surface area contributed by atoms with Crippen LogP contribution in [0.2, 0.25) is 5.02 Å². The van der Waals surface area contributed by atoms with Crippen LogP contribution >= 0.6 is 11.6 Å². The van der Waals surface area contributed by atoms with E-state index in [2.05, 4.69) is 5.32 Å². The number of benzene rings is 2. The molecule has 25 heavy (non-hydrogen) atoms. The number of hydrogen-bond acceptors (Lipinski definition) is 2. The molecule has 0 radical (unpaired) electrons. The first-order chi connectivity index (χ1) is 12.1. The largest absolute Gasteiger partial charge is 0.322 e. The number of aryl methyl sites for hydroxylation is 2. The Kier molecular flexibility index (Phi) is 4.18. The van der Waals surface area contributed by atoms with Gasteiger partial charge < -0.3 is 5.32 Å². The summed E-state index contributed by atoms with van der Waals surface area (Å²) < 4.78 is 0. The number of amides is 1. The van der Waals surface area contributed by atoms with Crippen molar-refractivity contribution in [2.45, 2.75) is 32.6 Å². The van der Waals surface area contributed by atoms with Gasteiger partial charge in [-0.2, -0.15) is 0 Å². The number of halogens is 1. The van der Waals surface area contributed by atoms with Gasteiger partial charge in [-0.15, -0.1) is 0 Å². The Labute approximate surface area is 152 Å². The van der Waals surface area contributed by atoms with Crippen LogP contribution in [0.3, 0.4) is 0 Å². The summed E-state index contributed by atoms with van der Waals surface area (Å²) in [6.45, 7) is 1.98. The second-order valence-electron chi connectivity index (χ2n) is 6.56. The molecular formula is C21H19ClN2O. The fourth-order valence-electron chi connectivity index (χ4n) is 3.42. The predicted molar refractivity (Wildman–Crippen MR) is 103 cm³/mol. The molecule has 4 rings (SSSR count). The average Bonchev–Trinajstić information content (AvgIpc) is 2.63. The molecule has 1 N–H and O–H groups in total. The van der Waals surface area contributed by atoms with E-state index in [1.165, 1.54) is 5.56 Å². The smallest absolute Gasteiger partial charge is 0.255 e. The maximum atomic E-state index is 12.6. The van der Waals surface area contributed by atoms with Crippen LogP contribution in [0.1, 0.15) is 40.0 Å². The Morgan fingerprint density at radius 1 is 1.12 bits per heavy atom. The number of fused-ring (bicyclic) bond motifs is 2. The van der Waals surface area contributed by atoms with Gasteiger partial charge in [-0.3, -0.25) is 9.78 Å². The van der Waals surface area contributed by atoms with Gasteiger partial charge in [-0.05, 0) is 61.9 Å². The zero-order valence-electron chi connectivity index (χ0n) is 14.1. The van der Waals surface area contributed by atoms with E-state index in [4.69, 9.17) is 16.6 Å². The number of hydrogen-bond donors (Lipinski definition) is 1. The van der Waals surface area contributed by atoms with Crippen LogP contribution in [-0.2, 0) is 12.8 Å². The molecule has 0 atom stereocenters. The van der Waals surface area contributed by atoms with E-state index in [0.29, 0.717) is 5.56 Å². The number of pyridine rings is 1. The fourth-order valence-corrected chi connectivity index (χ4v) is 3.78. The predicted octanol–water partition coefficient (Wildman–Crippen LogP) is 5.33. The standard InChI is InChI=1S/C21H19ClN2O/c1-13-6-2-4-8-17(13)24-21(25)14-10-11-16-19(12-14)23-18-9-5-3-7-15(18)20(16)22/h2,4,6,8,10-12H,3,5,7,9H2,1H3,(H,24,25). The van der Waals surface area contributed by atoms with E-state index in [0.717, 1.165) is 58.6 Å². The van der Waals surface area contributed by atoms with Crippen LogP contribution in [0.4, 0.5) is 5.69 Å². The number of nitrogens with zero attached hydrogens (tertiary/aromatic N) is 1. The first-order valence-electron chi connectivity index (χ1n) is 8.61. The van der Waals surface area contributed by atoms with Gasteiger partial charge in [0.25, 0.3) is 5.91 Å².